The molecule has 0 aromatic heterocycles. The molecule has 2 fully saturated rings. The topological polar surface area (TPSA) is 40.5 Å². The lowest BCUT2D eigenvalue weighted by atomic mass is 9.38. The molecular weight excluding hydrogens is 368 g/mol. The van der Waals surface area contributed by atoms with E-state index in [-0.39, 0.29) is 22.7 Å². The van der Waals surface area contributed by atoms with Gasteiger partial charge in [-0.3, -0.25) is 0 Å². The molecule has 4 aliphatic rings. The van der Waals surface area contributed by atoms with E-state index in [1.54, 1.807) is 11.1 Å². The van der Waals surface area contributed by atoms with Crippen molar-refractivity contribution in [2.45, 2.75) is 71.0 Å². The molecule has 1 aromatic carbocycles. The number of aliphatic hydroxyl groups excluding tert-OH is 1. The average molecular weight is 405 g/mol. The Morgan fingerprint density at radius 3 is 2.53 bits per heavy atom. The zero-order chi connectivity index (χ0) is 21.3. The summed E-state index contributed by atoms with van der Waals surface area (Å²) in [6.45, 7) is 11.4. The van der Waals surface area contributed by atoms with Crippen LogP contribution in [0.25, 0.3) is 0 Å². The van der Waals surface area contributed by atoms with Gasteiger partial charge in [0.1, 0.15) is 0 Å². The van der Waals surface area contributed by atoms with Crippen molar-refractivity contribution in [1.82, 2.24) is 0 Å². The lowest BCUT2D eigenvalue weighted by Gasteiger charge is -2.68. The first-order chi connectivity index (χ1) is 14.2. The predicted molar refractivity (Wildman–Crippen MR) is 122 cm³/mol. The van der Waals surface area contributed by atoms with E-state index in [2.05, 4.69) is 39.5 Å². The van der Waals surface area contributed by atoms with Crippen LogP contribution in [-0.2, 0) is 0 Å². The van der Waals surface area contributed by atoms with Crippen LogP contribution in [0.2, 0.25) is 0 Å². The number of allylic oxidation sites excluding steroid dienone is 4. The molecular formula is C28H36O2. The molecule has 0 bridgehead atoms. The Morgan fingerprint density at radius 2 is 1.83 bits per heavy atom. The molecule has 0 amide bonds. The van der Waals surface area contributed by atoms with Gasteiger partial charge in [0.05, 0.1) is 11.7 Å². The lowest BCUT2D eigenvalue weighted by Crippen LogP contribution is -2.69. The van der Waals surface area contributed by atoms with Crippen molar-refractivity contribution in [2.24, 2.45) is 28.6 Å². The van der Waals surface area contributed by atoms with Crippen LogP contribution in [0.1, 0.15) is 71.0 Å². The summed E-state index contributed by atoms with van der Waals surface area (Å²) in [4.78, 5) is 0. The van der Waals surface area contributed by atoms with Crippen LogP contribution < -0.4 is 0 Å². The Kier molecular flexibility index (Phi) is 4.51. The fourth-order valence-corrected chi connectivity index (χ4v) is 7.60. The first-order valence-electron chi connectivity index (χ1n) is 11.8. The second-order valence-corrected chi connectivity index (χ2v) is 11.1. The molecule has 6 atom stereocenters. The highest BCUT2D eigenvalue weighted by atomic mass is 16.3. The second kappa shape index (κ2) is 6.68. The summed E-state index contributed by atoms with van der Waals surface area (Å²) in [6.07, 6.45) is 9.97. The van der Waals surface area contributed by atoms with Crippen molar-refractivity contribution < 1.29 is 10.2 Å². The molecule has 0 unspecified atom stereocenters. The van der Waals surface area contributed by atoms with Crippen LogP contribution in [-0.4, -0.2) is 15.8 Å². The number of rotatable bonds is 3. The largest absolute Gasteiger partial charge is 0.389 e. The van der Waals surface area contributed by atoms with E-state index in [9.17, 15) is 10.2 Å². The molecule has 5 rings (SSSR count). The number of aliphatic hydroxyl groups is 2. The van der Waals surface area contributed by atoms with E-state index in [4.69, 9.17) is 0 Å². The fraction of sp³-hybridized carbons (Fsp3) is 0.571. The van der Waals surface area contributed by atoms with Crippen LogP contribution in [0.15, 0.2) is 65.8 Å². The zero-order valence-electron chi connectivity index (χ0n) is 18.7. The fourth-order valence-electron chi connectivity index (χ4n) is 7.60. The first kappa shape index (κ1) is 20.3. The van der Waals surface area contributed by atoms with E-state index in [1.807, 2.05) is 30.3 Å². The van der Waals surface area contributed by atoms with Crippen LogP contribution in [0.4, 0.5) is 0 Å². The molecule has 30 heavy (non-hydrogen) atoms. The molecule has 160 valence electrons. The van der Waals surface area contributed by atoms with Crippen molar-refractivity contribution in [3.63, 3.8) is 0 Å². The minimum atomic E-state index is -0.910. The quantitative estimate of drug-likeness (QED) is 0.594. The van der Waals surface area contributed by atoms with Crippen molar-refractivity contribution in [3.8, 4) is 0 Å². The SMILES string of the molecule is C=C1C=C[C@@H]2C3=C(C(C)C)CC[C@]3(C)CC[C@]23C[C@@H]([C@@H](O)c2ccccc2)[C@]3(O)C1. The highest BCUT2D eigenvalue weighted by molar-refractivity contribution is 5.44. The standard InChI is InChI=1S/C28H36O2/c1-18(2)21-12-13-26(4)14-15-27-17-23(25(29)20-8-6-5-7-9-20)28(27,30)16-19(3)10-11-22(27)24(21)26/h5-11,18,22-23,25,29-30H,3,12-17H2,1-2,4H3/t22-,23+,25+,26-,27+,28-/m1/s1. The van der Waals surface area contributed by atoms with Gasteiger partial charge in [0, 0.05) is 23.7 Å². The molecule has 0 heterocycles. The van der Waals surface area contributed by atoms with Gasteiger partial charge in [-0.1, -0.05) is 86.6 Å². The smallest absolute Gasteiger partial charge is 0.0846 e. The Balaban J connectivity index is 1.60. The van der Waals surface area contributed by atoms with Crippen molar-refractivity contribution in [3.05, 3.63) is 71.3 Å². The molecule has 2 saturated carbocycles. The van der Waals surface area contributed by atoms with Gasteiger partial charge in [-0.15, -0.1) is 0 Å². The van der Waals surface area contributed by atoms with Gasteiger partial charge in [-0.25, -0.2) is 0 Å². The summed E-state index contributed by atoms with van der Waals surface area (Å²) in [6, 6.07) is 9.88. The van der Waals surface area contributed by atoms with E-state index in [1.165, 1.54) is 12.8 Å². The minimum Gasteiger partial charge on any atom is -0.389 e. The molecule has 0 radical (unpaired) electrons. The Morgan fingerprint density at radius 1 is 1.10 bits per heavy atom. The summed E-state index contributed by atoms with van der Waals surface area (Å²) in [5.74, 6) is 0.670. The van der Waals surface area contributed by atoms with Gasteiger partial charge in [-0.05, 0) is 49.0 Å². The summed E-state index contributed by atoms with van der Waals surface area (Å²) in [7, 11) is 0. The first-order valence-corrected chi connectivity index (χ1v) is 11.8. The van der Waals surface area contributed by atoms with Gasteiger partial charge in [0.25, 0.3) is 0 Å². The summed E-state index contributed by atoms with van der Waals surface area (Å²) < 4.78 is 0. The van der Waals surface area contributed by atoms with Gasteiger partial charge >= 0.3 is 0 Å². The summed E-state index contributed by atoms with van der Waals surface area (Å²) in [5.41, 5.74) is 4.30. The lowest BCUT2D eigenvalue weighted by molar-refractivity contribution is -0.266. The third-order valence-corrected chi connectivity index (χ3v) is 9.27. The predicted octanol–water partition coefficient (Wildman–Crippen LogP) is 6.14. The maximum absolute atomic E-state index is 12.3. The summed E-state index contributed by atoms with van der Waals surface area (Å²) in [5, 5.41) is 23.6. The van der Waals surface area contributed by atoms with Crippen LogP contribution in [0.5, 0.6) is 0 Å². The molecule has 2 nitrogen and oxygen atoms in total. The molecule has 2 heteroatoms. The molecule has 1 spiro atoms. The van der Waals surface area contributed by atoms with Gasteiger partial charge in [0.15, 0.2) is 0 Å². The maximum Gasteiger partial charge on any atom is 0.0846 e. The Hall–Kier alpha value is -1.64. The average Bonchev–Trinajstić information content (AvgIpc) is 3.05. The second-order valence-electron chi connectivity index (χ2n) is 11.1. The van der Waals surface area contributed by atoms with Crippen LogP contribution in [0, 0.1) is 28.6 Å². The third-order valence-electron chi connectivity index (χ3n) is 9.27. The molecule has 0 saturated heterocycles. The van der Waals surface area contributed by atoms with Crippen molar-refractivity contribution >= 4 is 0 Å². The van der Waals surface area contributed by atoms with Crippen LogP contribution >= 0.6 is 0 Å². The Labute approximate surface area is 181 Å². The van der Waals surface area contributed by atoms with E-state index in [0.717, 1.165) is 30.4 Å². The molecule has 4 aliphatic carbocycles. The molecule has 2 N–H and O–H groups in total. The van der Waals surface area contributed by atoms with Gasteiger partial charge < -0.3 is 10.2 Å². The van der Waals surface area contributed by atoms with E-state index >= 15 is 0 Å². The number of hydrogen-bond donors (Lipinski definition) is 2. The molecule has 0 aliphatic heterocycles. The monoisotopic (exact) mass is 404 g/mol. The third kappa shape index (κ3) is 2.56. The van der Waals surface area contributed by atoms with Gasteiger partial charge in [0.2, 0.25) is 0 Å². The van der Waals surface area contributed by atoms with Gasteiger partial charge in [-0.2, -0.15) is 0 Å². The normalized spacial score (nSPS) is 41.1. The van der Waals surface area contributed by atoms with Crippen molar-refractivity contribution in [2.75, 3.05) is 0 Å². The Bertz CT molecular complexity index is 925. The highest BCUT2D eigenvalue weighted by Crippen LogP contribution is 2.74. The number of hydrogen-bond acceptors (Lipinski definition) is 2. The highest BCUT2D eigenvalue weighted by Gasteiger charge is 2.71. The number of fused-ring (bicyclic) bond motifs is 2. The minimum absolute atomic E-state index is 0.145. The zero-order valence-corrected chi connectivity index (χ0v) is 18.7. The number of benzene rings is 1. The summed E-state index contributed by atoms with van der Waals surface area (Å²) >= 11 is 0. The maximum atomic E-state index is 12.3. The van der Waals surface area contributed by atoms with E-state index < -0.39 is 11.7 Å². The molecule has 1 aromatic rings. The van der Waals surface area contributed by atoms with Crippen LogP contribution in [0.3, 0.4) is 0 Å². The van der Waals surface area contributed by atoms with Crippen molar-refractivity contribution in [1.29, 1.82) is 0 Å². The van der Waals surface area contributed by atoms with E-state index in [0.29, 0.717) is 12.3 Å².